The highest BCUT2D eigenvalue weighted by molar-refractivity contribution is 5.73. The molecule has 10 heteroatoms. The molecule has 1 fully saturated rings. The summed E-state index contributed by atoms with van der Waals surface area (Å²) in [4.78, 5) is 26.4. The average Bonchev–Trinajstić information content (AvgIpc) is 3.27. The van der Waals surface area contributed by atoms with E-state index in [2.05, 4.69) is 15.0 Å². The van der Waals surface area contributed by atoms with E-state index in [0.29, 0.717) is 54.4 Å². The van der Waals surface area contributed by atoms with Gasteiger partial charge < -0.3 is 9.84 Å². The van der Waals surface area contributed by atoms with Gasteiger partial charge >= 0.3 is 5.69 Å². The van der Waals surface area contributed by atoms with Crippen LogP contribution < -0.4 is 5.69 Å². The van der Waals surface area contributed by atoms with Crippen LogP contribution in [0, 0.1) is 5.82 Å². The summed E-state index contributed by atoms with van der Waals surface area (Å²) in [5.41, 5.74) is 1.93. The van der Waals surface area contributed by atoms with E-state index in [1.807, 2.05) is 0 Å². The molecule has 9 nitrogen and oxygen atoms in total. The molecule has 0 unspecified atom stereocenters. The van der Waals surface area contributed by atoms with Gasteiger partial charge in [0.1, 0.15) is 22.7 Å². The van der Waals surface area contributed by atoms with E-state index >= 15 is 0 Å². The largest absolute Gasteiger partial charge is 0.395 e. The quantitative estimate of drug-likeness (QED) is 0.558. The van der Waals surface area contributed by atoms with Gasteiger partial charge in [-0.05, 0) is 25.0 Å². The lowest BCUT2D eigenvalue weighted by molar-refractivity contribution is 0.0694. The third kappa shape index (κ3) is 2.91. The Morgan fingerprint density at radius 3 is 2.83 bits per heavy atom. The fraction of sp³-hybridized carbons (Fsp3) is 0.368. The lowest BCUT2D eigenvalue weighted by atomic mass is 10.1. The number of aliphatic hydroxyl groups excluding tert-OH is 1. The second-order valence-electron chi connectivity index (χ2n) is 6.99. The second kappa shape index (κ2) is 7.05. The first-order chi connectivity index (χ1) is 14.2. The first kappa shape index (κ1) is 18.0. The van der Waals surface area contributed by atoms with Crippen molar-refractivity contribution in [2.75, 3.05) is 19.8 Å². The van der Waals surface area contributed by atoms with Gasteiger partial charge in [0, 0.05) is 25.5 Å². The van der Waals surface area contributed by atoms with Crippen molar-refractivity contribution in [3.63, 3.8) is 0 Å². The van der Waals surface area contributed by atoms with E-state index in [-0.39, 0.29) is 24.9 Å². The van der Waals surface area contributed by atoms with Gasteiger partial charge in [0.15, 0.2) is 11.5 Å². The number of aliphatic hydroxyl groups is 1. The molecule has 5 rings (SSSR count). The number of rotatable bonds is 4. The standard InChI is InChI=1S/C19H19FN6O3/c20-12-1-2-16-21-9-14(25(16)11-12)17-22-10-15-18(23-17)26(13-3-7-29-8-4-13)19(28)24(15)5-6-27/h1-2,9-11,13,27H,3-8H2. The van der Waals surface area contributed by atoms with Gasteiger partial charge in [-0.1, -0.05) is 0 Å². The third-order valence-electron chi connectivity index (χ3n) is 5.28. The lowest BCUT2D eigenvalue weighted by Gasteiger charge is -2.22. The average molecular weight is 398 g/mol. The van der Waals surface area contributed by atoms with Crippen LogP contribution in [0.3, 0.4) is 0 Å². The maximum atomic E-state index is 13.7. The van der Waals surface area contributed by atoms with E-state index in [1.165, 1.54) is 16.8 Å². The van der Waals surface area contributed by atoms with E-state index in [9.17, 15) is 14.3 Å². The molecule has 0 amide bonds. The van der Waals surface area contributed by atoms with Crippen LogP contribution in [0.5, 0.6) is 0 Å². The van der Waals surface area contributed by atoms with Crippen molar-refractivity contribution < 1.29 is 14.2 Å². The van der Waals surface area contributed by atoms with Gasteiger partial charge in [-0.2, -0.15) is 0 Å². The Morgan fingerprint density at radius 2 is 2.03 bits per heavy atom. The highest BCUT2D eigenvalue weighted by atomic mass is 19.1. The van der Waals surface area contributed by atoms with Crippen molar-refractivity contribution >= 4 is 16.8 Å². The van der Waals surface area contributed by atoms with Crippen molar-refractivity contribution in [2.45, 2.75) is 25.4 Å². The van der Waals surface area contributed by atoms with Gasteiger partial charge in [-0.15, -0.1) is 0 Å². The van der Waals surface area contributed by atoms with Crippen LogP contribution in [0.2, 0.25) is 0 Å². The summed E-state index contributed by atoms with van der Waals surface area (Å²) >= 11 is 0. The summed E-state index contributed by atoms with van der Waals surface area (Å²) in [7, 11) is 0. The van der Waals surface area contributed by atoms with Gasteiger partial charge in [0.2, 0.25) is 0 Å². The summed E-state index contributed by atoms with van der Waals surface area (Å²) in [6, 6.07) is 2.88. The fourth-order valence-corrected chi connectivity index (χ4v) is 3.89. The van der Waals surface area contributed by atoms with Crippen LogP contribution in [-0.2, 0) is 11.3 Å². The highest BCUT2D eigenvalue weighted by Gasteiger charge is 2.24. The molecule has 1 N–H and O–H groups in total. The molecule has 4 aromatic rings. The molecule has 0 saturated carbocycles. The van der Waals surface area contributed by atoms with Crippen LogP contribution in [-0.4, -0.2) is 53.4 Å². The molecule has 0 atom stereocenters. The number of pyridine rings is 1. The highest BCUT2D eigenvalue weighted by Crippen LogP contribution is 2.25. The normalized spacial score (nSPS) is 15.5. The van der Waals surface area contributed by atoms with Crippen LogP contribution in [0.4, 0.5) is 4.39 Å². The number of hydrogen-bond donors (Lipinski definition) is 1. The van der Waals surface area contributed by atoms with Crippen molar-refractivity contribution in [3.05, 3.63) is 47.0 Å². The zero-order chi connectivity index (χ0) is 20.0. The maximum Gasteiger partial charge on any atom is 0.330 e. The number of imidazole rings is 2. The minimum atomic E-state index is -0.397. The van der Waals surface area contributed by atoms with Crippen molar-refractivity contribution in [1.29, 1.82) is 0 Å². The molecule has 0 spiro atoms. The number of aromatic nitrogens is 6. The van der Waals surface area contributed by atoms with E-state index in [4.69, 9.17) is 4.74 Å². The smallest absolute Gasteiger partial charge is 0.330 e. The van der Waals surface area contributed by atoms with E-state index < -0.39 is 5.82 Å². The molecule has 0 radical (unpaired) electrons. The Hall–Kier alpha value is -3.11. The van der Waals surface area contributed by atoms with Crippen LogP contribution in [0.1, 0.15) is 18.9 Å². The molecule has 0 aliphatic carbocycles. The fourth-order valence-electron chi connectivity index (χ4n) is 3.89. The summed E-state index contributed by atoms with van der Waals surface area (Å²) in [5.74, 6) is -0.0522. The predicted molar refractivity (Wildman–Crippen MR) is 102 cm³/mol. The Balaban J connectivity index is 1.72. The van der Waals surface area contributed by atoms with E-state index in [1.54, 1.807) is 27.4 Å². The molecule has 4 aromatic heterocycles. The van der Waals surface area contributed by atoms with Crippen LogP contribution in [0.25, 0.3) is 28.3 Å². The second-order valence-corrected chi connectivity index (χ2v) is 6.99. The first-order valence-electron chi connectivity index (χ1n) is 9.46. The summed E-state index contributed by atoms with van der Waals surface area (Å²) in [5, 5.41) is 9.40. The topological polar surface area (TPSA) is 99.5 Å². The van der Waals surface area contributed by atoms with Crippen LogP contribution in [0.15, 0.2) is 35.5 Å². The zero-order valence-electron chi connectivity index (χ0n) is 15.5. The number of fused-ring (bicyclic) bond motifs is 2. The molecule has 1 aliphatic rings. The zero-order valence-corrected chi connectivity index (χ0v) is 15.5. The molecule has 0 aromatic carbocycles. The molecule has 5 heterocycles. The molecule has 29 heavy (non-hydrogen) atoms. The van der Waals surface area contributed by atoms with Gasteiger partial charge in [0.25, 0.3) is 0 Å². The van der Waals surface area contributed by atoms with Crippen molar-refractivity contribution in [3.8, 4) is 11.5 Å². The van der Waals surface area contributed by atoms with Crippen LogP contribution >= 0.6 is 0 Å². The summed E-state index contributed by atoms with van der Waals surface area (Å²) in [6.07, 6.45) is 5.89. The molecule has 150 valence electrons. The predicted octanol–water partition coefficient (Wildman–Crippen LogP) is 1.39. The van der Waals surface area contributed by atoms with E-state index in [0.717, 1.165) is 0 Å². The number of nitrogens with zero attached hydrogens (tertiary/aromatic N) is 6. The summed E-state index contributed by atoms with van der Waals surface area (Å²) < 4.78 is 23.9. The molecular weight excluding hydrogens is 379 g/mol. The Kier molecular flexibility index (Phi) is 4.36. The minimum Gasteiger partial charge on any atom is -0.395 e. The Labute approximate surface area is 164 Å². The van der Waals surface area contributed by atoms with Crippen molar-refractivity contribution in [1.82, 2.24) is 28.5 Å². The first-order valence-corrected chi connectivity index (χ1v) is 9.46. The maximum absolute atomic E-state index is 13.7. The monoisotopic (exact) mass is 398 g/mol. The number of hydrogen-bond acceptors (Lipinski definition) is 6. The molecular formula is C19H19FN6O3. The molecule has 1 saturated heterocycles. The third-order valence-corrected chi connectivity index (χ3v) is 5.28. The number of ether oxygens (including phenoxy) is 1. The lowest BCUT2D eigenvalue weighted by Crippen LogP contribution is -2.31. The van der Waals surface area contributed by atoms with Gasteiger partial charge in [-0.25, -0.2) is 24.1 Å². The van der Waals surface area contributed by atoms with Gasteiger partial charge in [0.05, 0.1) is 25.5 Å². The SMILES string of the molecule is O=c1n(CCO)c2cnc(-c3cnc4ccc(F)cn34)nc2n1C1CCOCC1. The molecule has 0 bridgehead atoms. The van der Waals surface area contributed by atoms with Crippen molar-refractivity contribution in [2.24, 2.45) is 0 Å². The summed E-state index contributed by atoms with van der Waals surface area (Å²) in [6.45, 7) is 1.15. The molecule has 1 aliphatic heterocycles. The Morgan fingerprint density at radius 1 is 1.21 bits per heavy atom. The number of halogens is 1. The van der Waals surface area contributed by atoms with Gasteiger partial charge in [-0.3, -0.25) is 13.5 Å². The Bertz CT molecular complexity index is 1250. The minimum absolute atomic E-state index is 0.0407.